The van der Waals surface area contributed by atoms with Crippen molar-refractivity contribution in [2.75, 3.05) is 6.61 Å². The molecule has 1 heterocycles. The highest BCUT2D eigenvalue weighted by Crippen LogP contribution is 2.09. The van der Waals surface area contributed by atoms with Gasteiger partial charge >= 0.3 is 5.97 Å². The third kappa shape index (κ3) is 2.98. The smallest absolute Gasteiger partial charge is 0.329 e. The zero-order valence-corrected chi connectivity index (χ0v) is 7.43. The number of rotatable bonds is 4. The Kier molecular flexibility index (Phi) is 3.19. The molecule has 0 aliphatic rings. The number of carboxylic acid groups (broad SMARTS) is 1. The fourth-order valence-corrected chi connectivity index (χ4v) is 1.40. The molecule has 1 aromatic heterocycles. The molecule has 1 aromatic rings. The normalized spacial score (nSPS) is 10.1. The maximum atomic E-state index is 10.1. The summed E-state index contributed by atoms with van der Waals surface area (Å²) in [5.41, 5.74) is 0.939. The molecule has 0 unspecified atom stereocenters. The van der Waals surface area contributed by atoms with Crippen molar-refractivity contribution in [3.63, 3.8) is 0 Å². The van der Waals surface area contributed by atoms with E-state index in [9.17, 15) is 4.79 Å². The largest absolute Gasteiger partial charge is 0.480 e. The van der Waals surface area contributed by atoms with E-state index in [0.717, 1.165) is 10.7 Å². The fourth-order valence-electron chi connectivity index (χ4n) is 0.695. The number of aromatic nitrogens is 1. The number of thiazole rings is 1. The number of hydrogen-bond donors (Lipinski definition) is 1. The number of carbonyl (C=O) groups is 1. The molecular weight excluding hydrogens is 178 g/mol. The zero-order chi connectivity index (χ0) is 8.97. The standard InChI is InChI=1S/C7H9NO3S/c1-5-4-12-6(8-5)2-11-3-7(9)10/h4H,2-3H2,1H3,(H,9,10). The Balaban J connectivity index is 2.29. The molecule has 0 fully saturated rings. The predicted molar refractivity (Wildman–Crippen MR) is 44.1 cm³/mol. The van der Waals surface area contributed by atoms with Crippen LogP contribution in [0.5, 0.6) is 0 Å². The molecule has 0 radical (unpaired) electrons. The quantitative estimate of drug-likeness (QED) is 0.765. The first-order valence-electron chi connectivity index (χ1n) is 3.39. The Morgan fingerprint density at radius 1 is 1.83 bits per heavy atom. The van der Waals surface area contributed by atoms with Gasteiger partial charge in [-0.2, -0.15) is 0 Å². The highest BCUT2D eigenvalue weighted by atomic mass is 32.1. The van der Waals surface area contributed by atoms with E-state index in [-0.39, 0.29) is 13.2 Å². The van der Waals surface area contributed by atoms with Gasteiger partial charge < -0.3 is 9.84 Å². The van der Waals surface area contributed by atoms with Crippen molar-refractivity contribution >= 4 is 17.3 Å². The number of aryl methyl sites for hydroxylation is 1. The van der Waals surface area contributed by atoms with Crippen LogP contribution in [0.2, 0.25) is 0 Å². The van der Waals surface area contributed by atoms with Gasteiger partial charge in [-0.25, -0.2) is 9.78 Å². The van der Waals surface area contributed by atoms with Crippen molar-refractivity contribution in [3.05, 3.63) is 16.1 Å². The summed E-state index contributed by atoms with van der Waals surface area (Å²) in [6, 6.07) is 0. The van der Waals surface area contributed by atoms with Gasteiger partial charge in [-0.15, -0.1) is 11.3 Å². The monoisotopic (exact) mass is 187 g/mol. The minimum atomic E-state index is -0.955. The van der Waals surface area contributed by atoms with Crippen molar-refractivity contribution in [2.24, 2.45) is 0 Å². The summed E-state index contributed by atoms with van der Waals surface area (Å²) in [4.78, 5) is 14.2. The van der Waals surface area contributed by atoms with Crippen molar-refractivity contribution in [3.8, 4) is 0 Å². The number of carboxylic acids is 1. The summed E-state index contributed by atoms with van der Waals surface area (Å²) in [5, 5.41) is 11.0. The summed E-state index contributed by atoms with van der Waals surface area (Å²) < 4.78 is 4.84. The van der Waals surface area contributed by atoms with Gasteiger partial charge in [0.15, 0.2) is 0 Å². The first-order valence-corrected chi connectivity index (χ1v) is 4.27. The third-order valence-corrected chi connectivity index (χ3v) is 2.06. The van der Waals surface area contributed by atoms with E-state index < -0.39 is 5.97 Å². The Morgan fingerprint density at radius 3 is 3.08 bits per heavy atom. The lowest BCUT2D eigenvalue weighted by Crippen LogP contribution is -2.06. The molecule has 0 saturated heterocycles. The second kappa shape index (κ2) is 4.18. The average molecular weight is 187 g/mol. The molecule has 0 aliphatic heterocycles. The van der Waals surface area contributed by atoms with Gasteiger partial charge in [-0.1, -0.05) is 0 Å². The molecule has 0 spiro atoms. The summed E-state index contributed by atoms with van der Waals surface area (Å²) in [6.07, 6.45) is 0. The van der Waals surface area contributed by atoms with Crippen LogP contribution in [0, 0.1) is 6.92 Å². The van der Waals surface area contributed by atoms with Crippen LogP contribution in [0.1, 0.15) is 10.7 Å². The van der Waals surface area contributed by atoms with Crippen molar-refractivity contribution in [2.45, 2.75) is 13.5 Å². The van der Waals surface area contributed by atoms with E-state index in [1.807, 2.05) is 12.3 Å². The van der Waals surface area contributed by atoms with Crippen LogP contribution >= 0.6 is 11.3 Å². The summed E-state index contributed by atoms with van der Waals surface area (Å²) in [7, 11) is 0. The molecule has 0 saturated carbocycles. The lowest BCUT2D eigenvalue weighted by molar-refractivity contribution is -0.142. The van der Waals surface area contributed by atoms with Crippen LogP contribution in [0.25, 0.3) is 0 Å². The van der Waals surface area contributed by atoms with Gasteiger partial charge in [-0.05, 0) is 6.92 Å². The van der Waals surface area contributed by atoms with E-state index in [1.54, 1.807) is 0 Å². The second-order valence-corrected chi connectivity index (χ2v) is 3.21. The lowest BCUT2D eigenvalue weighted by Gasteiger charge is -1.95. The van der Waals surface area contributed by atoms with Gasteiger partial charge in [-0.3, -0.25) is 0 Å². The summed E-state index contributed by atoms with van der Waals surface area (Å²) in [5.74, 6) is -0.955. The van der Waals surface area contributed by atoms with Gasteiger partial charge in [0.1, 0.15) is 11.6 Å². The fraction of sp³-hybridized carbons (Fsp3) is 0.429. The second-order valence-electron chi connectivity index (χ2n) is 2.27. The van der Waals surface area contributed by atoms with Crippen LogP contribution in [0.4, 0.5) is 0 Å². The van der Waals surface area contributed by atoms with Gasteiger partial charge in [0.05, 0.1) is 6.61 Å². The number of ether oxygens (including phenoxy) is 1. The number of aliphatic carboxylic acids is 1. The van der Waals surface area contributed by atoms with Crippen LogP contribution < -0.4 is 0 Å². The van der Waals surface area contributed by atoms with E-state index >= 15 is 0 Å². The van der Waals surface area contributed by atoms with Gasteiger partial charge in [0.2, 0.25) is 0 Å². The number of hydrogen-bond acceptors (Lipinski definition) is 4. The van der Waals surface area contributed by atoms with Crippen LogP contribution in [0.3, 0.4) is 0 Å². The third-order valence-electron chi connectivity index (χ3n) is 1.12. The van der Waals surface area contributed by atoms with Crippen LogP contribution in [0.15, 0.2) is 5.38 Å². The molecule has 1 N–H and O–H groups in total. The first kappa shape index (κ1) is 9.15. The predicted octanol–water partition coefficient (Wildman–Crippen LogP) is 1.05. The van der Waals surface area contributed by atoms with E-state index in [1.165, 1.54) is 11.3 Å². The van der Waals surface area contributed by atoms with Crippen molar-refractivity contribution in [1.82, 2.24) is 4.98 Å². The minimum Gasteiger partial charge on any atom is -0.480 e. The Morgan fingerprint density at radius 2 is 2.58 bits per heavy atom. The SMILES string of the molecule is Cc1csc(COCC(=O)O)n1. The molecule has 12 heavy (non-hydrogen) atoms. The molecule has 4 nitrogen and oxygen atoms in total. The molecule has 0 atom stereocenters. The molecule has 5 heteroatoms. The Labute approximate surface area is 73.8 Å². The van der Waals surface area contributed by atoms with E-state index in [4.69, 9.17) is 9.84 Å². The van der Waals surface area contributed by atoms with Crippen molar-refractivity contribution < 1.29 is 14.6 Å². The topological polar surface area (TPSA) is 59.4 Å². The van der Waals surface area contributed by atoms with Crippen LogP contribution in [-0.2, 0) is 16.1 Å². The molecule has 0 aliphatic carbocycles. The van der Waals surface area contributed by atoms with Crippen LogP contribution in [-0.4, -0.2) is 22.7 Å². The van der Waals surface area contributed by atoms with Crippen molar-refractivity contribution in [1.29, 1.82) is 0 Å². The highest BCUT2D eigenvalue weighted by Gasteiger charge is 2.00. The zero-order valence-electron chi connectivity index (χ0n) is 6.61. The molecule has 0 amide bonds. The maximum absolute atomic E-state index is 10.1. The van der Waals surface area contributed by atoms with Gasteiger partial charge in [0, 0.05) is 11.1 Å². The first-order chi connectivity index (χ1) is 5.68. The Hall–Kier alpha value is -0.940. The molecule has 0 bridgehead atoms. The average Bonchev–Trinajstić information content (AvgIpc) is 2.35. The molecule has 0 aromatic carbocycles. The lowest BCUT2D eigenvalue weighted by atomic mass is 10.6. The highest BCUT2D eigenvalue weighted by molar-refractivity contribution is 7.09. The van der Waals surface area contributed by atoms with Gasteiger partial charge in [0.25, 0.3) is 0 Å². The molecule has 66 valence electrons. The minimum absolute atomic E-state index is 0.265. The van der Waals surface area contributed by atoms with E-state index in [0.29, 0.717) is 0 Å². The summed E-state index contributed by atoms with van der Waals surface area (Å²) >= 11 is 1.47. The molecule has 1 rings (SSSR count). The molecular formula is C7H9NO3S. The Bertz CT molecular complexity index is 271. The number of nitrogens with zero attached hydrogens (tertiary/aromatic N) is 1. The summed E-state index contributed by atoms with van der Waals surface area (Å²) in [6.45, 7) is 1.90. The van der Waals surface area contributed by atoms with E-state index in [2.05, 4.69) is 4.98 Å². The maximum Gasteiger partial charge on any atom is 0.329 e.